The van der Waals surface area contributed by atoms with Crippen molar-refractivity contribution in [2.24, 2.45) is 0 Å². The molecule has 84 valence electrons. The van der Waals surface area contributed by atoms with Crippen molar-refractivity contribution >= 4 is 29.1 Å². The molecule has 0 aliphatic rings. The third-order valence-electron chi connectivity index (χ3n) is 1.99. The summed E-state index contributed by atoms with van der Waals surface area (Å²) in [6, 6.07) is 3.20. The summed E-state index contributed by atoms with van der Waals surface area (Å²) < 4.78 is 5.05. The summed E-state index contributed by atoms with van der Waals surface area (Å²) in [5.41, 5.74) is 0. The predicted molar refractivity (Wildman–Crippen MR) is 60.6 cm³/mol. The topological polar surface area (TPSA) is 33.5 Å². The van der Waals surface area contributed by atoms with Crippen LogP contribution in [0.4, 0.5) is 0 Å². The lowest BCUT2D eigenvalue weighted by Crippen LogP contribution is -2.38. The molecule has 0 saturated carbocycles. The summed E-state index contributed by atoms with van der Waals surface area (Å²) >= 11 is 11.2. The standard InChI is InChI=1S/C10H13Cl2NO2/c1-7(2)13(6-5-11)10(14)8-3-4-9(12)15-8/h3-4,7H,5-6H2,1-2H3. The number of amides is 1. The molecule has 1 heterocycles. The first-order valence-electron chi connectivity index (χ1n) is 4.68. The Bertz CT molecular complexity index is 336. The van der Waals surface area contributed by atoms with E-state index in [9.17, 15) is 4.79 Å². The van der Waals surface area contributed by atoms with E-state index in [1.807, 2.05) is 13.8 Å². The Morgan fingerprint density at radius 2 is 2.20 bits per heavy atom. The molecule has 1 aromatic rings. The van der Waals surface area contributed by atoms with Gasteiger partial charge < -0.3 is 9.32 Å². The summed E-state index contributed by atoms with van der Waals surface area (Å²) in [5.74, 6) is 0.467. The Labute approximate surface area is 98.9 Å². The van der Waals surface area contributed by atoms with E-state index in [0.717, 1.165) is 0 Å². The van der Waals surface area contributed by atoms with Gasteiger partial charge in [-0.05, 0) is 37.6 Å². The van der Waals surface area contributed by atoms with Crippen molar-refractivity contribution in [3.05, 3.63) is 23.1 Å². The highest BCUT2D eigenvalue weighted by atomic mass is 35.5. The number of carbonyl (C=O) groups excluding carboxylic acids is 1. The van der Waals surface area contributed by atoms with Crippen LogP contribution in [0.5, 0.6) is 0 Å². The molecule has 15 heavy (non-hydrogen) atoms. The highest BCUT2D eigenvalue weighted by Crippen LogP contribution is 2.16. The Balaban J connectivity index is 2.80. The van der Waals surface area contributed by atoms with Gasteiger partial charge in [-0.1, -0.05) is 0 Å². The van der Waals surface area contributed by atoms with Crippen molar-refractivity contribution in [1.82, 2.24) is 4.90 Å². The van der Waals surface area contributed by atoms with E-state index >= 15 is 0 Å². The first-order chi connectivity index (χ1) is 7.06. The lowest BCUT2D eigenvalue weighted by Gasteiger charge is -2.24. The van der Waals surface area contributed by atoms with Gasteiger partial charge in [0.1, 0.15) is 0 Å². The fourth-order valence-corrected chi connectivity index (χ4v) is 1.58. The largest absolute Gasteiger partial charge is 0.440 e. The van der Waals surface area contributed by atoms with Crippen molar-refractivity contribution in [2.75, 3.05) is 12.4 Å². The number of halogens is 2. The zero-order valence-electron chi connectivity index (χ0n) is 8.67. The monoisotopic (exact) mass is 249 g/mol. The smallest absolute Gasteiger partial charge is 0.289 e. The van der Waals surface area contributed by atoms with Crippen LogP contribution in [0, 0.1) is 0 Å². The maximum Gasteiger partial charge on any atom is 0.289 e. The normalized spacial score (nSPS) is 10.7. The van der Waals surface area contributed by atoms with Crippen molar-refractivity contribution in [3.63, 3.8) is 0 Å². The first kappa shape index (κ1) is 12.4. The molecular weight excluding hydrogens is 237 g/mol. The number of hydrogen-bond donors (Lipinski definition) is 0. The molecule has 1 rings (SSSR count). The number of carbonyl (C=O) groups is 1. The second kappa shape index (κ2) is 5.42. The zero-order valence-corrected chi connectivity index (χ0v) is 10.2. The molecule has 1 aromatic heterocycles. The lowest BCUT2D eigenvalue weighted by molar-refractivity contribution is 0.0686. The minimum Gasteiger partial charge on any atom is -0.440 e. The van der Waals surface area contributed by atoms with Crippen molar-refractivity contribution in [1.29, 1.82) is 0 Å². The van der Waals surface area contributed by atoms with Gasteiger partial charge in [0, 0.05) is 18.5 Å². The van der Waals surface area contributed by atoms with E-state index in [1.54, 1.807) is 17.0 Å². The van der Waals surface area contributed by atoms with Gasteiger partial charge in [-0.15, -0.1) is 11.6 Å². The molecule has 1 amide bonds. The van der Waals surface area contributed by atoms with Gasteiger partial charge in [0.25, 0.3) is 5.91 Å². The van der Waals surface area contributed by atoms with Crippen LogP contribution in [0.2, 0.25) is 5.22 Å². The molecule has 0 spiro atoms. The van der Waals surface area contributed by atoms with Crippen LogP contribution in [-0.4, -0.2) is 29.3 Å². The summed E-state index contributed by atoms with van der Waals surface area (Å²) in [4.78, 5) is 13.5. The second-order valence-electron chi connectivity index (χ2n) is 3.39. The SMILES string of the molecule is CC(C)N(CCCl)C(=O)c1ccc(Cl)o1. The van der Waals surface area contributed by atoms with E-state index in [-0.39, 0.29) is 22.9 Å². The number of alkyl halides is 1. The van der Waals surface area contributed by atoms with Crippen LogP contribution >= 0.6 is 23.2 Å². The van der Waals surface area contributed by atoms with Gasteiger partial charge >= 0.3 is 0 Å². The summed E-state index contributed by atoms with van der Waals surface area (Å²) in [6.07, 6.45) is 0. The van der Waals surface area contributed by atoms with Crippen LogP contribution in [0.15, 0.2) is 16.5 Å². The Hall–Kier alpha value is -0.670. The van der Waals surface area contributed by atoms with Crippen LogP contribution in [-0.2, 0) is 0 Å². The second-order valence-corrected chi connectivity index (χ2v) is 4.14. The third-order valence-corrected chi connectivity index (χ3v) is 2.37. The molecule has 0 saturated heterocycles. The first-order valence-corrected chi connectivity index (χ1v) is 5.59. The molecule has 0 aliphatic carbocycles. The number of rotatable bonds is 4. The molecule has 0 fully saturated rings. The van der Waals surface area contributed by atoms with Gasteiger partial charge in [0.2, 0.25) is 0 Å². The number of furan rings is 1. The Morgan fingerprint density at radius 1 is 1.53 bits per heavy atom. The molecule has 0 radical (unpaired) electrons. The minimum absolute atomic E-state index is 0.0834. The molecular formula is C10H13Cl2NO2. The van der Waals surface area contributed by atoms with Crippen LogP contribution in [0.1, 0.15) is 24.4 Å². The van der Waals surface area contributed by atoms with Crippen molar-refractivity contribution in [3.8, 4) is 0 Å². The highest BCUT2D eigenvalue weighted by Gasteiger charge is 2.20. The molecule has 0 unspecified atom stereocenters. The fourth-order valence-electron chi connectivity index (χ4n) is 1.26. The van der Waals surface area contributed by atoms with Gasteiger partial charge in [-0.3, -0.25) is 4.79 Å². The van der Waals surface area contributed by atoms with Crippen LogP contribution in [0.3, 0.4) is 0 Å². The molecule has 0 N–H and O–H groups in total. The summed E-state index contributed by atoms with van der Waals surface area (Å²) in [7, 11) is 0. The summed E-state index contributed by atoms with van der Waals surface area (Å²) in [6.45, 7) is 4.35. The molecule has 0 bridgehead atoms. The fraction of sp³-hybridized carbons (Fsp3) is 0.500. The van der Waals surface area contributed by atoms with Gasteiger partial charge in [0.15, 0.2) is 11.0 Å². The lowest BCUT2D eigenvalue weighted by atomic mass is 10.3. The molecule has 5 heteroatoms. The zero-order chi connectivity index (χ0) is 11.4. The average molecular weight is 250 g/mol. The van der Waals surface area contributed by atoms with E-state index in [2.05, 4.69) is 0 Å². The average Bonchev–Trinajstić information content (AvgIpc) is 2.59. The van der Waals surface area contributed by atoms with E-state index in [0.29, 0.717) is 12.4 Å². The quantitative estimate of drug-likeness (QED) is 0.769. The van der Waals surface area contributed by atoms with Gasteiger partial charge in [-0.25, -0.2) is 0 Å². The number of nitrogens with zero attached hydrogens (tertiary/aromatic N) is 1. The highest BCUT2D eigenvalue weighted by molar-refractivity contribution is 6.29. The molecule has 3 nitrogen and oxygen atoms in total. The Kier molecular flexibility index (Phi) is 4.48. The number of hydrogen-bond acceptors (Lipinski definition) is 2. The van der Waals surface area contributed by atoms with Gasteiger partial charge in [-0.2, -0.15) is 0 Å². The van der Waals surface area contributed by atoms with E-state index in [1.165, 1.54) is 0 Å². The molecule has 0 aromatic carbocycles. The third kappa shape index (κ3) is 3.14. The van der Waals surface area contributed by atoms with E-state index in [4.69, 9.17) is 27.6 Å². The van der Waals surface area contributed by atoms with Crippen LogP contribution < -0.4 is 0 Å². The Morgan fingerprint density at radius 3 is 2.60 bits per heavy atom. The molecule has 0 aliphatic heterocycles. The predicted octanol–water partition coefficient (Wildman–Crippen LogP) is 3.02. The van der Waals surface area contributed by atoms with E-state index < -0.39 is 0 Å². The minimum atomic E-state index is -0.183. The van der Waals surface area contributed by atoms with Crippen molar-refractivity contribution in [2.45, 2.75) is 19.9 Å². The maximum absolute atomic E-state index is 11.9. The summed E-state index contributed by atoms with van der Waals surface area (Å²) in [5, 5.41) is 0.216. The maximum atomic E-state index is 11.9. The molecule has 0 atom stereocenters. The van der Waals surface area contributed by atoms with Crippen LogP contribution in [0.25, 0.3) is 0 Å². The van der Waals surface area contributed by atoms with Crippen molar-refractivity contribution < 1.29 is 9.21 Å². The van der Waals surface area contributed by atoms with Gasteiger partial charge in [0.05, 0.1) is 0 Å².